The molecule has 1 aliphatic heterocycles. The highest BCUT2D eigenvalue weighted by atomic mass is 16.5. The molecule has 0 aliphatic carbocycles. The molecule has 0 radical (unpaired) electrons. The molecule has 0 amide bonds. The molecule has 3 rings (SSSR count). The molecule has 136 valence electrons. The van der Waals surface area contributed by atoms with Crippen molar-refractivity contribution >= 4 is 0 Å². The summed E-state index contributed by atoms with van der Waals surface area (Å²) < 4.78 is 7.59. The minimum Gasteiger partial charge on any atom is -0.394 e. The summed E-state index contributed by atoms with van der Waals surface area (Å²) in [5.41, 5.74) is 1.14. The second kappa shape index (κ2) is 9.08. The fraction of sp³-hybridized carbons (Fsp3) is 0.579. The van der Waals surface area contributed by atoms with Gasteiger partial charge in [-0.05, 0) is 44.5 Å². The molecule has 6 nitrogen and oxygen atoms in total. The van der Waals surface area contributed by atoms with Crippen molar-refractivity contribution in [2.24, 2.45) is 5.92 Å². The largest absolute Gasteiger partial charge is 0.394 e. The van der Waals surface area contributed by atoms with Gasteiger partial charge in [0.1, 0.15) is 6.61 Å². The number of hydrogen-bond donors (Lipinski definition) is 1. The Morgan fingerprint density at radius 2 is 1.92 bits per heavy atom. The predicted octanol–water partition coefficient (Wildman–Crippen LogP) is 1.87. The van der Waals surface area contributed by atoms with E-state index in [1.807, 2.05) is 30.3 Å². The van der Waals surface area contributed by atoms with Gasteiger partial charge in [0.05, 0.1) is 19.8 Å². The summed E-state index contributed by atoms with van der Waals surface area (Å²) in [6.07, 6.45) is 3.31. The van der Waals surface area contributed by atoms with Gasteiger partial charge in [0.25, 0.3) is 0 Å². The van der Waals surface area contributed by atoms with Gasteiger partial charge >= 0.3 is 0 Å². The van der Waals surface area contributed by atoms with Crippen LogP contribution in [0.15, 0.2) is 30.3 Å². The molecule has 0 bridgehead atoms. The maximum Gasteiger partial charge on any atom is 0.153 e. The van der Waals surface area contributed by atoms with E-state index in [1.54, 1.807) is 4.68 Å². The highest BCUT2D eigenvalue weighted by Gasteiger charge is 2.20. The molecule has 6 heteroatoms. The summed E-state index contributed by atoms with van der Waals surface area (Å²) in [6.45, 7) is 3.78. The van der Waals surface area contributed by atoms with Crippen molar-refractivity contribution in [3.05, 3.63) is 47.5 Å². The number of benzene rings is 1. The summed E-state index contributed by atoms with van der Waals surface area (Å²) in [5, 5.41) is 13.9. The lowest BCUT2D eigenvalue weighted by atomic mass is 9.94. The van der Waals surface area contributed by atoms with E-state index in [2.05, 4.69) is 22.0 Å². The minimum absolute atomic E-state index is 0.0582. The molecule has 0 saturated carbocycles. The number of piperidine rings is 1. The third kappa shape index (κ3) is 5.36. The van der Waals surface area contributed by atoms with Crippen LogP contribution in [0.1, 0.15) is 30.1 Å². The van der Waals surface area contributed by atoms with Crippen LogP contribution in [-0.4, -0.2) is 51.5 Å². The Balaban J connectivity index is 1.57. The quantitative estimate of drug-likeness (QED) is 0.792. The summed E-state index contributed by atoms with van der Waals surface area (Å²) >= 11 is 0. The number of aromatic nitrogens is 3. The maximum absolute atomic E-state index is 9.27. The van der Waals surface area contributed by atoms with E-state index in [0.717, 1.165) is 36.7 Å². The van der Waals surface area contributed by atoms with Crippen molar-refractivity contribution in [3.8, 4) is 0 Å². The molecule has 1 aliphatic rings. The van der Waals surface area contributed by atoms with Gasteiger partial charge in [0.15, 0.2) is 11.6 Å². The lowest BCUT2D eigenvalue weighted by Gasteiger charge is -2.28. The normalized spacial score (nSPS) is 16.4. The van der Waals surface area contributed by atoms with Crippen molar-refractivity contribution in [1.82, 2.24) is 19.7 Å². The number of likely N-dealkylation sites (tertiary alicyclic amines) is 1. The van der Waals surface area contributed by atoms with Crippen LogP contribution in [0.4, 0.5) is 0 Å². The number of aliphatic hydroxyl groups excluding tert-OH is 1. The third-order valence-corrected chi connectivity index (χ3v) is 4.76. The first kappa shape index (κ1) is 18.0. The van der Waals surface area contributed by atoms with Crippen molar-refractivity contribution in [2.75, 3.05) is 26.7 Å². The zero-order valence-corrected chi connectivity index (χ0v) is 15.0. The first-order valence-corrected chi connectivity index (χ1v) is 9.08. The molecule has 0 atom stereocenters. The zero-order chi connectivity index (χ0) is 17.5. The molecule has 25 heavy (non-hydrogen) atoms. The highest BCUT2D eigenvalue weighted by Crippen LogP contribution is 2.19. The number of aliphatic hydroxyl groups is 1. The number of ether oxygens (including phenoxy) is 1. The van der Waals surface area contributed by atoms with Crippen LogP contribution in [0.25, 0.3) is 0 Å². The molecule has 1 saturated heterocycles. The minimum atomic E-state index is 0.0582. The average molecular weight is 344 g/mol. The van der Waals surface area contributed by atoms with E-state index in [9.17, 15) is 5.11 Å². The number of nitrogens with zero attached hydrogens (tertiary/aromatic N) is 4. The van der Waals surface area contributed by atoms with E-state index < -0.39 is 0 Å². The molecule has 2 aromatic rings. The Morgan fingerprint density at radius 3 is 2.64 bits per heavy atom. The predicted molar refractivity (Wildman–Crippen MR) is 96.0 cm³/mol. The first-order chi connectivity index (χ1) is 12.2. The van der Waals surface area contributed by atoms with E-state index >= 15 is 0 Å². The molecular formula is C19H28N4O2. The van der Waals surface area contributed by atoms with Crippen LogP contribution in [0, 0.1) is 5.92 Å². The molecule has 2 heterocycles. The fourth-order valence-electron chi connectivity index (χ4n) is 3.25. The molecular weight excluding hydrogens is 316 g/mol. The topological polar surface area (TPSA) is 63.4 Å². The Bertz CT molecular complexity index is 636. The summed E-state index contributed by atoms with van der Waals surface area (Å²) in [7, 11) is 2.17. The monoisotopic (exact) mass is 344 g/mol. The van der Waals surface area contributed by atoms with Crippen LogP contribution in [0.3, 0.4) is 0 Å². The second-order valence-corrected chi connectivity index (χ2v) is 6.82. The maximum atomic E-state index is 9.27. The van der Waals surface area contributed by atoms with Crippen LogP contribution >= 0.6 is 0 Å². The zero-order valence-electron chi connectivity index (χ0n) is 15.0. The standard InChI is InChI=1S/C19H28N4O2/c1-22-9-7-16(8-10-22)13-18-20-19(23(21-18)11-12-24)15-25-14-17-5-3-2-4-6-17/h2-6,16,24H,7-15H2,1H3. The summed E-state index contributed by atoms with van der Waals surface area (Å²) in [4.78, 5) is 7.05. The molecule has 1 fully saturated rings. The van der Waals surface area contributed by atoms with Crippen molar-refractivity contribution in [2.45, 2.75) is 39.0 Å². The van der Waals surface area contributed by atoms with E-state index in [1.165, 1.54) is 12.8 Å². The fourth-order valence-corrected chi connectivity index (χ4v) is 3.25. The number of hydrogen-bond acceptors (Lipinski definition) is 5. The summed E-state index contributed by atoms with van der Waals surface area (Å²) in [5.74, 6) is 2.33. The van der Waals surface area contributed by atoms with Crippen LogP contribution < -0.4 is 0 Å². The van der Waals surface area contributed by atoms with E-state index in [4.69, 9.17) is 4.74 Å². The average Bonchev–Trinajstić information content (AvgIpc) is 3.00. The van der Waals surface area contributed by atoms with Gasteiger partial charge < -0.3 is 14.7 Å². The van der Waals surface area contributed by atoms with Crippen LogP contribution in [0.5, 0.6) is 0 Å². The molecule has 1 aromatic heterocycles. The van der Waals surface area contributed by atoms with Gasteiger partial charge in [0.2, 0.25) is 0 Å². The van der Waals surface area contributed by atoms with Crippen LogP contribution in [-0.2, 0) is 30.9 Å². The highest BCUT2D eigenvalue weighted by molar-refractivity contribution is 5.13. The van der Waals surface area contributed by atoms with Crippen molar-refractivity contribution < 1.29 is 9.84 Å². The lowest BCUT2D eigenvalue weighted by Crippen LogP contribution is -2.31. The molecule has 0 spiro atoms. The molecule has 0 unspecified atom stereocenters. The van der Waals surface area contributed by atoms with Crippen molar-refractivity contribution in [3.63, 3.8) is 0 Å². The Kier molecular flexibility index (Phi) is 6.55. The second-order valence-electron chi connectivity index (χ2n) is 6.82. The Labute approximate surface area is 149 Å². The van der Waals surface area contributed by atoms with E-state index in [-0.39, 0.29) is 6.61 Å². The van der Waals surface area contributed by atoms with Gasteiger partial charge in [-0.25, -0.2) is 9.67 Å². The van der Waals surface area contributed by atoms with Gasteiger partial charge in [-0.15, -0.1) is 0 Å². The molecule has 1 aromatic carbocycles. The SMILES string of the molecule is CN1CCC(Cc2nc(COCc3ccccc3)n(CCO)n2)CC1. The van der Waals surface area contributed by atoms with E-state index in [0.29, 0.717) is 25.7 Å². The van der Waals surface area contributed by atoms with Gasteiger partial charge in [0, 0.05) is 6.42 Å². The van der Waals surface area contributed by atoms with Crippen molar-refractivity contribution in [1.29, 1.82) is 0 Å². The Hall–Kier alpha value is -1.76. The number of rotatable bonds is 8. The Morgan fingerprint density at radius 1 is 1.16 bits per heavy atom. The molecule has 1 N–H and O–H groups in total. The third-order valence-electron chi connectivity index (χ3n) is 4.76. The van der Waals surface area contributed by atoms with Gasteiger partial charge in [-0.1, -0.05) is 30.3 Å². The smallest absolute Gasteiger partial charge is 0.153 e. The van der Waals surface area contributed by atoms with Gasteiger partial charge in [-0.3, -0.25) is 0 Å². The lowest BCUT2D eigenvalue weighted by molar-refractivity contribution is 0.0974. The first-order valence-electron chi connectivity index (χ1n) is 9.08. The van der Waals surface area contributed by atoms with Gasteiger partial charge in [-0.2, -0.15) is 5.10 Å². The summed E-state index contributed by atoms with van der Waals surface area (Å²) in [6, 6.07) is 10.1. The van der Waals surface area contributed by atoms with Crippen LogP contribution in [0.2, 0.25) is 0 Å².